The number of hydrogen-bond donors (Lipinski definition) is 1. The summed E-state index contributed by atoms with van der Waals surface area (Å²) in [6.07, 6.45) is 1.67. The van der Waals surface area contributed by atoms with Gasteiger partial charge < -0.3 is 14.6 Å². The van der Waals surface area contributed by atoms with Gasteiger partial charge in [0.05, 0.1) is 5.39 Å². The van der Waals surface area contributed by atoms with E-state index in [1.165, 1.54) is 0 Å². The molecule has 0 radical (unpaired) electrons. The predicted octanol–water partition coefficient (Wildman–Crippen LogP) is 2.02. The van der Waals surface area contributed by atoms with Gasteiger partial charge in [-0.15, -0.1) is 0 Å². The number of nitrogens with zero attached hydrogens (tertiary/aromatic N) is 2. The van der Waals surface area contributed by atoms with Crippen molar-refractivity contribution in [3.8, 4) is 0 Å². The van der Waals surface area contributed by atoms with E-state index in [0.29, 0.717) is 5.82 Å². The molecule has 2 heterocycles. The van der Waals surface area contributed by atoms with Crippen molar-refractivity contribution in [3.63, 3.8) is 0 Å². The van der Waals surface area contributed by atoms with Crippen molar-refractivity contribution >= 4 is 22.7 Å². The Bertz CT molecular complexity index is 575. The number of amides is 1. The van der Waals surface area contributed by atoms with Crippen molar-refractivity contribution in [2.45, 2.75) is 19.9 Å². The van der Waals surface area contributed by atoms with Gasteiger partial charge in [0.2, 0.25) is 5.91 Å². The Labute approximate surface area is 106 Å². The van der Waals surface area contributed by atoms with Gasteiger partial charge in [-0.2, -0.15) is 0 Å². The zero-order valence-electron chi connectivity index (χ0n) is 11.0. The summed E-state index contributed by atoms with van der Waals surface area (Å²) >= 11 is 0. The monoisotopic (exact) mass is 247 g/mol. The Morgan fingerprint density at radius 1 is 1.50 bits per heavy atom. The largest absolute Gasteiger partial charge is 0.461 e. The van der Waals surface area contributed by atoms with E-state index < -0.39 is 0 Å². The fourth-order valence-electron chi connectivity index (χ4n) is 1.86. The van der Waals surface area contributed by atoms with E-state index in [9.17, 15) is 4.79 Å². The average Bonchev–Trinajstić information content (AvgIpc) is 2.69. The summed E-state index contributed by atoms with van der Waals surface area (Å²) < 4.78 is 5.52. The highest BCUT2D eigenvalue weighted by molar-refractivity contribution is 5.91. The molecule has 18 heavy (non-hydrogen) atoms. The fraction of sp³-hybridized carbons (Fsp3) is 0.385. The molecule has 0 saturated heterocycles. The van der Waals surface area contributed by atoms with Gasteiger partial charge >= 0.3 is 0 Å². The third-order valence-electron chi connectivity index (χ3n) is 2.73. The lowest BCUT2D eigenvalue weighted by Crippen LogP contribution is -2.36. The van der Waals surface area contributed by atoms with Crippen molar-refractivity contribution < 1.29 is 9.21 Å². The number of aryl methyl sites for hydroxylation is 1. The zero-order chi connectivity index (χ0) is 13.3. The second-order valence-electron chi connectivity index (χ2n) is 4.53. The van der Waals surface area contributed by atoms with Gasteiger partial charge in [0, 0.05) is 20.3 Å². The van der Waals surface area contributed by atoms with Crippen LogP contribution in [0, 0.1) is 6.92 Å². The maximum atomic E-state index is 11.8. The van der Waals surface area contributed by atoms with Gasteiger partial charge in [-0.25, -0.2) is 4.98 Å². The van der Waals surface area contributed by atoms with Crippen LogP contribution in [0.3, 0.4) is 0 Å². The highest BCUT2D eigenvalue weighted by Gasteiger charge is 2.16. The predicted molar refractivity (Wildman–Crippen MR) is 70.5 cm³/mol. The van der Waals surface area contributed by atoms with E-state index in [1.54, 1.807) is 25.2 Å². The molecule has 0 aromatic carbocycles. The molecule has 5 heteroatoms. The lowest BCUT2D eigenvalue weighted by Gasteiger charge is -2.18. The minimum Gasteiger partial charge on any atom is -0.461 e. The van der Waals surface area contributed by atoms with E-state index in [4.69, 9.17) is 4.42 Å². The number of carbonyl (C=O) groups excluding carboxylic acids is 1. The summed E-state index contributed by atoms with van der Waals surface area (Å²) in [7, 11) is 3.47. The molecule has 1 N–H and O–H groups in total. The number of pyridine rings is 1. The molecule has 0 aliphatic heterocycles. The Kier molecular flexibility index (Phi) is 3.23. The van der Waals surface area contributed by atoms with Crippen LogP contribution in [-0.2, 0) is 4.79 Å². The minimum absolute atomic E-state index is 0.00835. The molecule has 0 aliphatic rings. The number of anilines is 1. The number of likely N-dealkylation sites (N-methyl/N-ethyl adjacent to an activating group) is 1. The molecule has 2 aromatic rings. The van der Waals surface area contributed by atoms with Crippen molar-refractivity contribution in [3.05, 3.63) is 24.1 Å². The van der Waals surface area contributed by atoms with Crippen LogP contribution in [-0.4, -0.2) is 35.9 Å². The molecule has 0 fully saturated rings. The number of furan rings is 1. The second kappa shape index (κ2) is 4.68. The first kappa shape index (κ1) is 12.4. The Morgan fingerprint density at radius 3 is 2.89 bits per heavy atom. The molecule has 1 amide bonds. The van der Waals surface area contributed by atoms with Gasteiger partial charge in [0.25, 0.3) is 0 Å². The van der Waals surface area contributed by atoms with Crippen molar-refractivity contribution in [1.82, 2.24) is 9.88 Å². The minimum atomic E-state index is -0.326. The first-order chi connectivity index (χ1) is 8.49. The van der Waals surface area contributed by atoms with E-state index in [1.807, 2.05) is 26.0 Å². The first-order valence-corrected chi connectivity index (χ1v) is 5.82. The number of carbonyl (C=O) groups is 1. The molecule has 0 aliphatic carbocycles. The SMILES string of the molecule is Cc1cc2c(N[C@@H](C)C(=O)N(C)C)nccc2o1. The van der Waals surface area contributed by atoms with E-state index in [2.05, 4.69) is 10.3 Å². The van der Waals surface area contributed by atoms with E-state index in [0.717, 1.165) is 16.7 Å². The van der Waals surface area contributed by atoms with Crippen LogP contribution in [0.4, 0.5) is 5.82 Å². The summed E-state index contributed by atoms with van der Waals surface area (Å²) in [5, 5.41) is 4.01. The van der Waals surface area contributed by atoms with E-state index >= 15 is 0 Å². The van der Waals surface area contributed by atoms with Crippen LogP contribution in [0.15, 0.2) is 22.7 Å². The van der Waals surface area contributed by atoms with Gasteiger partial charge in [0.15, 0.2) is 0 Å². The molecule has 2 rings (SSSR count). The number of fused-ring (bicyclic) bond motifs is 1. The third kappa shape index (κ3) is 2.30. The molecular weight excluding hydrogens is 230 g/mol. The van der Waals surface area contributed by atoms with Crippen molar-refractivity contribution in [1.29, 1.82) is 0 Å². The zero-order valence-corrected chi connectivity index (χ0v) is 11.0. The van der Waals surface area contributed by atoms with Crippen LogP contribution in [0.5, 0.6) is 0 Å². The second-order valence-corrected chi connectivity index (χ2v) is 4.53. The number of aromatic nitrogens is 1. The maximum absolute atomic E-state index is 11.8. The van der Waals surface area contributed by atoms with Crippen LogP contribution < -0.4 is 5.32 Å². The molecule has 0 spiro atoms. The number of nitrogens with one attached hydrogen (secondary N) is 1. The smallest absolute Gasteiger partial charge is 0.244 e. The molecule has 96 valence electrons. The molecule has 0 saturated carbocycles. The highest BCUT2D eigenvalue weighted by Crippen LogP contribution is 2.24. The Balaban J connectivity index is 2.29. The highest BCUT2D eigenvalue weighted by atomic mass is 16.3. The fourth-order valence-corrected chi connectivity index (χ4v) is 1.86. The molecule has 5 nitrogen and oxygen atoms in total. The van der Waals surface area contributed by atoms with Gasteiger partial charge in [-0.3, -0.25) is 4.79 Å². The van der Waals surface area contributed by atoms with Crippen LogP contribution in [0.1, 0.15) is 12.7 Å². The van der Waals surface area contributed by atoms with Crippen molar-refractivity contribution in [2.24, 2.45) is 0 Å². The summed E-state index contributed by atoms with van der Waals surface area (Å²) in [5.41, 5.74) is 0.773. The van der Waals surface area contributed by atoms with Crippen LogP contribution in [0.25, 0.3) is 11.0 Å². The van der Waals surface area contributed by atoms with Gasteiger partial charge in [-0.05, 0) is 26.0 Å². The van der Waals surface area contributed by atoms with Crippen LogP contribution in [0.2, 0.25) is 0 Å². The molecule has 0 unspecified atom stereocenters. The third-order valence-corrected chi connectivity index (χ3v) is 2.73. The van der Waals surface area contributed by atoms with Gasteiger partial charge in [-0.1, -0.05) is 0 Å². The topological polar surface area (TPSA) is 58.4 Å². The lowest BCUT2D eigenvalue weighted by molar-refractivity contribution is -0.129. The standard InChI is InChI=1S/C13H17N3O2/c1-8-7-10-11(18-8)5-6-14-12(10)15-9(2)13(17)16(3)4/h5-7,9H,1-4H3,(H,14,15)/t9-/m0/s1. The quantitative estimate of drug-likeness (QED) is 0.901. The molecule has 2 aromatic heterocycles. The summed E-state index contributed by atoms with van der Waals surface area (Å²) in [6, 6.07) is 3.40. The van der Waals surface area contributed by atoms with Gasteiger partial charge in [0.1, 0.15) is 23.2 Å². The van der Waals surface area contributed by atoms with Crippen LogP contribution >= 0.6 is 0 Å². The summed E-state index contributed by atoms with van der Waals surface area (Å²) in [6.45, 7) is 3.70. The number of hydrogen-bond acceptors (Lipinski definition) is 4. The maximum Gasteiger partial charge on any atom is 0.244 e. The van der Waals surface area contributed by atoms with E-state index in [-0.39, 0.29) is 11.9 Å². The summed E-state index contributed by atoms with van der Waals surface area (Å²) in [5.74, 6) is 1.51. The average molecular weight is 247 g/mol. The first-order valence-electron chi connectivity index (χ1n) is 5.82. The number of rotatable bonds is 3. The molecule has 0 bridgehead atoms. The normalized spacial score (nSPS) is 12.4. The molecule has 1 atom stereocenters. The van der Waals surface area contributed by atoms with Crippen molar-refractivity contribution in [2.75, 3.05) is 19.4 Å². The molecular formula is C13H17N3O2. The Hall–Kier alpha value is -2.04. The lowest BCUT2D eigenvalue weighted by atomic mass is 10.2. The Morgan fingerprint density at radius 2 is 2.22 bits per heavy atom. The summed E-state index contributed by atoms with van der Waals surface area (Å²) in [4.78, 5) is 17.6.